The van der Waals surface area contributed by atoms with Gasteiger partial charge in [0, 0.05) is 11.6 Å². The van der Waals surface area contributed by atoms with E-state index in [1.165, 1.54) is 30.4 Å². The van der Waals surface area contributed by atoms with E-state index in [0.717, 1.165) is 29.4 Å². The molecule has 5 atom stereocenters. The van der Waals surface area contributed by atoms with Crippen molar-refractivity contribution in [2.24, 2.45) is 29.6 Å². The zero-order valence-corrected chi connectivity index (χ0v) is 11.6. The van der Waals surface area contributed by atoms with Gasteiger partial charge in [0.2, 0.25) is 5.91 Å². The van der Waals surface area contributed by atoms with Crippen LogP contribution in [0, 0.1) is 43.4 Å². The lowest BCUT2D eigenvalue weighted by atomic mass is 10.0. The van der Waals surface area contributed by atoms with Crippen molar-refractivity contribution in [2.75, 3.05) is 5.32 Å². The largest absolute Gasteiger partial charge is 0.326 e. The molecule has 3 aliphatic rings. The molecule has 1 amide bonds. The molecule has 0 heterocycles. The summed E-state index contributed by atoms with van der Waals surface area (Å²) in [7, 11) is 0. The molecule has 1 aromatic carbocycles. The molecule has 0 radical (unpaired) electrons. The van der Waals surface area contributed by atoms with Crippen LogP contribution in [-0.2, 0) is 4.79 Å². The third-order valence-electron chi connectivity index (χ3n) is 5.53. The Morgan fingerprint density at radius 1 is 1.05 bits per heavy atom. The lowest BCUT2D eigenvalue weighted by Crippen LogP contribution is -2.18. The Balaban J connectivity index is 1.48. The number of hydrogen-bond acceptors (Lipinski definition) is 1. The Bertz CT molecular complexity index is 514. The number of fused-ring (bicyclic) bond motifs is 5. The summed E-state index contributed by atoms with van der Waals surface area (Å²) in [5, 5.41) is 3.14. The molecule has 2 nitrogen and oxygen atoms in total. The second-order valence-corrected chi connectivity index (χ2v) is 6.88. The quantitative estimate of drug-likeness (QED) is 0.860. The van der Waals surface area contributed by atoms with E-state index in [9.17, 15) is 4.79 Å². The monoisotopic (exact) mass is 255 g/mol. The van der Waals surface area contributed by atoms with Crippen LogP contribution in [0.4, 0.5) is 5.69 Å². The van der Waals surface area contributed by atoms with E-state index in [1.54, 1.807) is 0 Å². The third-order valence-corrected chi connectivity index (χ3v) is 5.53. The van der Waals surface area contributed by atoms with Crippen molar-refractivity contribution in [3.05, 3.63) is 29.3 Å². The van der Waals surface area contributed by atoms with Crippen molar-refractivity contribution in [1.82, 2.24) is 0 Å². The maximum Gasteiger partial charge on any atom is 0.228 e. The number of nitrogens with one attached hydrogen (secondary N) is 1. The maximum atomic E-state index is 12.4. The van der Waals surface area contributed by atoms with Crippen LogP contribution in [0.2, 0.25) is 0 Å². The highest BCUT2D eigenvalue weighted by Gasteiger charge is 2.67. The second-order valence-electron chi connectivity index (χ2n) is 6.88. The van der Waals surface area contributed by atoms with Crippen LogP contribution in [0.25, 0.3) is 0 Å². The zero-order chi connectivity index (χ0) is 13.1. The molecule has 0 saturated heterocycles. The van der Waals surface area contributed by atoms with Crippen molar-refractivity contribution in [1.29, 1.82) is 0 Å². The Morgan fingerprint density at radius 3 is 2.21 bits per heavy atom. The molecule has 3 saturated carbocycles. The van der Waals surface area contributed by atoms with Crippen molar-refractivity contribution >= 4 is 11.6 Å². The first-order chi connectivity index (χ1) is 9.13. The van der Waals surface area contributed by atoms with E-state index >= 15 is 0 Å². The van der Waals surface area contributed by atoms with Gasteiger partial charge < -0.3 is 5.32 Å². The first kappa shape index (κ1) is 11.5. The molecule has 1 unspecified atom stereocenters. The number of aryl methyl sites for hydroxylation is 2. The summed E-state index contributed by atoms with van der Waals surface area (Å²) in [5.74, 6) is 3.79. The fourth-order valence-corrected chi connectivity index (χ4v) is 4.95. The van der Waals surface area contributed by atoms with E-state index in [-0.39, 0.29) is 5.91 Å². The Hall–Kier alpha value is -1.31. The summed E-state index contributed by atoms with van der Waals surface area (Å²) < 4.78 is 0. The van der Waals surface area contributed by atoms with Gasteiger partial charge in [0.15, 0.2) is 0 Å². The molecule has 1 aromatic rings. The molecule has 3 fully saturated rings. The summed E-state index contributed by atoms with van der Waals surface area (Å²) >= 11 is 0. The topological polar surface area (TPSA) is 29.1 Å². The standard InChI is InChI=1S/C17H21NO/c1-9-5-10(2)7-13(6-9)18-17(19)16-14-11-3-4-12(8-11)15(14)16/h5-7,11-12,14-16H,3-4,8H2,1-2H3,(H,18,19)/t11-,12-,14-,15+,16?/m1/s1. The van der Waals surface area contributed by atoms with Gasteiger partial charge in [-0.15, -0.1) is 0 Å². The molecular weight excluding hydrogens is 234 g/mol. The number of rotatable bonds is 2. The molecule has 4 rings (SSSR count). The number of benzene rings is 1. The van der Waals surface area contributed by atoms with Crippen molar-refractivity contribution in [3.8, 4) is 0 Å². The van der Waals surface area contributed by atoms with E-state index in [1.807, 2.05) is 0 Å². The first-order valence-corrected chi connectivity index (χ1v) is 7.52. The minimum atomic E-state index is 0.275. The van der Waals surface area contributed by atoms with E-state index in [2.05, 4.69) is 37.4 Å². The van der Waals surface area contributed by atoms with Crippen LogP contribution in [0.3, 0.4) is 0 Å². The average Bonchev–Trinajstić information content (AvgIpc) is 2.78. The van der Waals surface area contributed by atoms with Crippen LogP contribution in [0.15, 0.2) is 18.2 Å². The molecule has 3 aliphatic carbocycles. The van der Waals surface area contributed by atoms with Gasteiger partial charge in [-0.3, -0.25) is 4.79 Å². The van der Waals surface area contributed by atoms with Crippen LogP contribution in [-0.4, -0.2) is 5.91 Å². The molecule has 0 aliphatic heterocycles. The Morgan fingerprint density at radius 2 is 1.63 bits per heavy atom. The Kier molecular flexibility index (Phi) is 2.33. The van der Waals surface area contributed by atoms with Gasteiger partial charge in [-0.25, -0.2) is 0 Å². The molecule has 2 bridgehead atoms. The van der Waals surface area contributed by atoms with Gasteiger partial charge >= 0.3 is 0 Å². The van der Waals surface area contributed by atoms with Gasteiger partial charge in [0.1, 0.15) is 0 Å². The van der Waals surface area contributed by atoms with Crippen molar-refractivity contribution < 1.29 is 4.79 Å². The Labute approximate surface area is 114 Å². The van der Waals surface area contributed by atoms with Gasteiger partial charge in [-0.05, 0) is 80.0 Å². The second kappa shape index (κ2) is 3.84. The fourth-order valence-electron chi connectivity index (χ4n) is 4.95. The van der Waals surface area contributed by atoms with Gasteiger partial charge in [-0.1, -0.05) is 6.07 Å². The third kappa shape index (κ3) is 1.73. The lowest BCUT2D eigenvalue weighted by molar-refractivity contribution is -0.118. The predicted molar refractivity (Wildman–Crippen MR) is 75.8 cm³/mol. The summed E-state index contributed by atoms with van der Waals surface area (Å²) in [4.78, 5) is 12.4. The van der Waals surface area contributed by atoms with Crippen LogP contribution in [0.5, 0.6) is 0 Å². The minimum Gasteiger partial charge on any atom is -0.326 e. The molecule has 2 heteroatoms. The molecule has 1 N–H and O–H groups in total. The summed E-state index contributed by atoms with van der Waals surface area (Å²) in [6, 6.07) is 6.27. The zero-order valence-electron chi connectivity index (χ0n) is 11.6. The molecule has 19 heavy (non-hydrogen) atoms. The van der Waals surface area contributed by atoms with Crippen molar-refractivity contribution in [3.63, 3.8) is 0 Å². The SMILES string of the molecule is Cc1cc(C)cc(NC(=O)C2[C@@H]3[C@@H]4CC[C@H](C4)[C@H]23)c1. The lowest BCUT2D eigenvalue weighted by Gasteiger charge is -2.10. The predicted octanol–water partition coefficient (Wildman–Crippen LogP) is 3.53. The van der Waals surface area contributed by atoms with E-state index in [0.29, 0.717) is 5.92 Å². The summed E-state index contributed by atoms with van der Waals surface area (Å²) in [5.41, 5.74) is 3.40. The molecule has 0 spiro atoms. The van der Waals surface area contributed by atoms with Gasteiger partial charge in [0.05, 0.1) is 0 Å². The highest BCUT2D eigenvalue weighted by atomic mass is 16.2. The number of carbonyl (C=O) groups excluding carboxylic acids is 1. The van der Waals surface area contributed by atoms with Gasteiger partial charge in [0.25, 0.3) is 0 Å². The number of anilines is 1. The highest BCUT2D eigenvalue weighted by Crippen LogP contribution is 2.69. The molecule has 0 aromatic heterocycles. The summed E-state index contributed by atoms with van der Waals surface area (Å²) in [6.45, 7) is 4.16. The smallest absolute Gasteiger partial charge is 0.228 e. The first-order valence-electron chi connectivity index (χ1n) is 7.52. The highest BCUT2D eigenvalue weighted by molar-refractivity contribution is 5.95. The summed E-state index contributed by atoms with van der Waals surface area (Å²) in [6.07, 6.45) is 4.15. The fraction of sp³-hybridized carbons (Fsp3) is 0.588. The van der Waals surface area contributed by atoms with E-state index in [4.69, 9.17) is 0 Å². The van der Waals surface area contributed by atoms with Gasteiger partial charge in [-0.2, -0.15) is 0 Å². The van der Waals surface area contributed by atoms with E-state index < -0.39 is 0 Å². The maximum absolute atomic E-state index is 12.4. The van der Waals surface area contributed by atoms with Crippen LogP contribution >= 0.6 is 0 Å². The van der Waals surface area contributed by atoms with Crippen LogP contribution < -0.4 is 5.32 Å². The molecular formula is C17H21NO. The average molecular weight is 255 g/mol. The van der Waals surface area contributed by atoms with Crippen LogP contribution in [0.1, 0.15) is 30.4 Å². The number of carbonyl (C=O) groups is 1. The normalized spacial score (nSPS) is 38.1. The number of amides is 1. The molecule has 100 valence electrons. The van der Waals surface area contributed by atoms with Crippen molar-refractivity contribution in [2.45, 2.75) is 33.1 Å². The number of hydrogen-bond donors (Lipinski definition) is 1. The minimum absolute atomic E-state index is 0.275.